The Labute approximate surface area is 204 Å². The normalized spacial score (nSPS) is 11.4. The summed E-state index contributed by atoms with van der Waals surface area (Å²) in [6.45, 7) is 0.683. The predicted molar refractivity (Wildman–Crippen MR) is 134 cm³/mol. The summed E-state index contributed by atoms with van der Waals surface area (Å²) >= 11 is 1.62. The second-order valence-electron chi connectivity index (χ2n) is 7.48. The minimum atomic E-state index is -0.659. The fraction of sp³-hybridized carbons (Fsp3) is 0.269. The third-order valence-electron chi connectivity index (χ3n) is 5.06. The van der Waals surface area contributed by atoms with Gasteiger partial charge in [0, 0.05) is 12.7 Å². The fourth-order valence-electron chi connectivity index (χ4n) is 3.27. The predicted octanol–water partition coefficient (Wildman–Crippen LogP) is 3.84. The number of pyridine rings is 1. The first-order chi connectivity index (χ1) is 16.6. The van der Waals surface area contributed by atoms with Crippen LogP contribution in [0.3, 0.4) is 0 Å². The number of thioether (sulfide) groups is 1. The van der Waals surface area contributed by atoms with Crippen LogP contribution >= 0.6 is 11.8 Å². The van der Waals surface area contributed by atoms with Crippen LogP contribution in [-0.4, -0.2) is 42.0 Å². The van der Waals surface area contributed by atoms with Gasteiger partial charge in [-0.15, -0.1) is 0 Å². The molecule has 0 saturated heterocycles. The molecule has 0 fully saturated rings. The van der Waals surface area contributed by atoms with E-state index in [9.17, 15) is 9.59 Å². The quantitative estimate of drug-likeness (QED) is 0.410. The SMILES string of the molecule is COc1ccccc1C(=O)NC(CCSC)C(=O)NCc1cccc(OCc2ccccn2)c1. The van der Waals surface area contributed by atoms with Gasteiger partial charge in [0.15, 0.2) is 0 Å². The van der Waals surface area contributed by atoms with Crippen molar-refractivity contribution in [3.05, 3.63) is 89.7 Å². The molecule has 0 spiro atoms. The van der Waals surface area contributed by atoms with Crippen LogP contribution in [0.15, 0.2) is 72.9 Å². The van der Waals surface area contributed by atoms with Gasteiger partial charge in [0.25, 0.3) is 5.91 Å². The van der Waals surface area contributed by atoms with E-state index in [1.165, 1.54) is 7.11 Å². The highest BCUT2D eigenvalue weighted by Gasteiger charge is 2.22. The average molecular weight is 480 g/mol. The number of aromatic nitrogens is 1. The number of carbonyl (C=O) groups is 2. The molecule has 1 unspecified atom stereocenters. The molecular weight excluding hydrogens is 450 g/mol. The number of hydrogen-bond acceptors (Lipinski definition) is 6. The van der Waals surface area contributed by atoms with E-state index in [1.54, 1.807) is 42.2 Å². The zero-order chi connectivity index (χ0) is 24.2. The summed E-state index contributed by atoms with van der Waals surface area (Å²) < 4.78 is 11.1. The molecule has 1 aromatic heterocycles. The molecule has 1 atom stereocenters. The number of ether oxygens (including phenoxy) is 2. The summed E-state index contributed by atoms with van der Waals surface area (Å²) in [5.74, 6) is 1.31. The number of nitrogens with zero attached hydrogens (tertiary/aromatic N) is 1. The summed E-state index contributed by atoms with van der Waals surface area (Å²) in [6.07, 6.45) is 4.21. The first kappa shape index (κ1) is 25.1. The van der Waals surface area contributed by atoms with E-state index in [2.05, 4.69) is 15.6 Å². The van der Waals surface area contributed by atoms with Gasteiger partial charge in [0.2, 0.25) is 5.91 Å². The molecule has 2 aromatic carbocycles. The number of nitrogens with one attached hydrogen (secondary N) is 2. The van der Waals surface area contributed by atoms with Crippen molar-refractivity contribution >= 4 is 23.6 Å². The molecule has 0 aliphatic heterocycles. The van der Waals surface area contributed by atoms with Gasteiger partial charge in [-0.25, -0.2) is 0 Å². The molecule has 178 valence electrons. The lowest BCUT2D eigenvalue weighted by Gasteiger charge is -2.19. The van der Waals surface area contributed by atoms with Crippen LogP contribution in [0.4, 0.5) is 0 Å². The smallest absolute Gasteiger partial charge is 0.255 e. The zero-order valence-electron chi connectivity index (χ0n) is 19.3. The lowest BCUT2D eigenvalue weighted by atomic mass is 10.1. The summed E-state index contributed by atoms with van der Waals surface area (Å²) in [5, 5.41) is 5.79. The number of para-hydroxylation sites is 1. The summed E-state index contributed by atoms with van der Waals surface area (Å²) in [5.41, 5.74) is 2.12. The Bertz CT molecular complexity index is 1080. The van der Waals surface area contributed by atoms with E-state index in [-0.39, 0.29) is 11.8 Å². The van der Waals surface area contributed by atoms with Crippen LogP contribution < -0.4 is 20.1 Å². The number of carbonyl (C=O) groups excluding carboxylic acids is 2. The molecule has 7 nitrogen and oxygen atoms in total. The maximum atomic E-state index is 12.9. The zero-order valence-corrected chi connectivity index (χ0v) is 20.1. The van der Waals surface area contributed by atoms with Crippen molar-refractivity contribution in [2.45, 2.75) is 25.6 Å². The molecule has 0 saturated carbocycles. The minimum Gasteiger partial charge on any atom is -0.496 e. The Kier molecular flexibility index (Phi) is 9.79. The maximum Gasteiger partial charge on any atom is 0.255 e. The van der Waals surface area contributed by atoms with Crippen molar-refractivity contribution in [1.82, 2.24) is 15.6 Å². The van der Waals surface area contributed by atoms with Crippen molar-refractivity contribution in [2.24, 2.45) is 0 Å². The van der Waals surface area contributed by atoms with Crippen LogP contribution in [0.1, 0.15) is 28.0 Å². The maximum absolute atomic E-state index is 12.9. The molecule has 8 heteroatoms. The van der Waals surface area contributed by atoms with Gasteiger partial charge in [-0.3, -0.25) is 14.6 Å². The molecule has 2 N–H and O–H groups in total. The van der Waals surface area contributed by atoms with Gasteiger partial charge in [0.1, 0.15) is 24.1 Å². The summed E-state index contributed by atoms with van der Waals surface area (Å²) in [6, 6.07) is 19.5. The number of rotatable bonds is 12. The van der Waals surface area contributed by atoms with Crippen LogP contribution in [-0.2, 0) is 17.9 Å². The van der Waals surface area contributed by atoms with Gasteiger partial charge >= 0.3 is 0 Å². The van der Waals surface area contributed by atoms with E-state index < -0.39 is 6.04 Å². The number of benzene rings is 2. The third kappa shape index (κ3) is 7.52. The molecule has 3 rings (SSSR count). The Morgan fingerprint density at radius 3 is 2.65 bits per heavy atom. The average Bonchev–Trinajstić information content (AvgIpc) is 2.89. The molecule has 34 heavy (non-hydrogen) atoms. The van der Waals surface area contributed by atoms with E-state index in [0.717, 1.165) is 17.0 Å². The minimum absolute atomic E-state index is 0.239. The second kappa shape index (κ2) is 13.3. The Morgan fingerprint density at radius 2 is 1.88 bits per heavy atom. The lowest BCUT2D eigenvalue weighted by Crippen LogP contribution is -2.47. The highest BCUT2D eigenvalue weighted by atomic mass is 32.2. The molecule has 2 amide bonds. The number of methoxy groups -OCH3 is 1. The van der Waals surface area contributed by atoms with Crippen molar-refractivity contribution in [1.29, 1.82) is 0 Å². The van der Waals surface area contributed by atoms with E-state index in [0.29, 0.717) is 36.6 Å². The van der Waals surface area contributed by atoms with Crippen molar-refractivity contribution in [3.63, 3.8) is 0 Å². The standard InChI is InChI=1S/C26H29N3O4S/c1-32-24-12-4-3-11-22(24)25(30)29-23(13-15-34-2)26(31)28-17-19-8-7-10-21(16-19)33-18-20-9-5-6-14-27-20/h3-12,14,16,23H,13,15,17-18H2,1-2H3,(H,28,31)(H,29,30). The summed E-state index contributed by atoms with van der Waals surface area (Å²) in [7, 11) is 1.51. The Hall–Kier alpha value is -3.52. The Morgan fingerprint density at radius 1 is 1.06 bits per heavy atom. The lowest BCUT2D eigenvalue weighted by molar-refractivity contribution is -0.123. The van der Waals surface area contributed by atoms with Crippen LogP contribution in [0, 0.1) is 0 Å². The van der Waals surface area contributed by atoms with Gasteiger partial charge in [0.05, 0.1) is 18.4 Å². The van der Waals surface area contributed by atoms with Crippen LogP contribution in [0.5, 0.6) is 11.5 Å². The van der Waals surface area contributed by atoms with Crippen molar-refractivity contribution < 1.29 is 19.1 Å². The number of hydrogen-bond donors (Lipinski definition) is 2. The summed E-state index contributed by atoms with van der Waals surface area (Å²) in [4.78, 5) is 30.0. The topological polar surface area (TPSA) is 89.5 Å². The number of amides is 2. The van der Waals surface area contributed by atoms with Gasteiger partial charge in [-0.2, -0.15) is 11.8 Å². The Balaban J connectivity index is 1.59. The highest BCUT2D eigenvalue weighted by Crippen LogP contribution is 2.18. The molecule has 0 radical (unpaired) electrons. The van der Waals surface area contributed by atoms with Gasteiger partial charge in [-0.05, 0) is 60.4 Å². The first-order valence-electron chi connectivity index (χ1n) is 10.9. The van der Waals surface area contributed by atoms with Crippen LogP contribution in [0.2, 0.25) is 0 Å². The van der Waals surface area contributed by atoms with E-state index in [1.807, 2.05) is 48.7 Å². The fourth-order valence-corrected chi connectivity index (χ4v) is 3.74. The highest BCUT2D eigenvalue weighted by molar-refractivity contribution is 7.98. The third-order valence-corrected chi connectivity index (χ3v) is 5.71. The van der Waals surface area contributed by atoms with E-state index in [4.69, 9.17) is 9.47 Å². The monoisotopic (exact) mass is 479 g/mol. The molecule has 0 aliphatic carbocycles. The molecule has 1 heterocycles. The molecular formula is C26H29N3O4S. The molecule has 3 aromatic rings. The van der Waals surface area contributed by atoms with Crippen molar-refractivity contribution in [3.8, 4) is 11.5 Å². The second-order valence-corrected chi connectivity index (χ2v) is 8.47. The van der Waals surface area contributed by atoms with Gasteiger partial charge < -0.3 is 20.1 Å². The van der Waals surface area contributed by atoms with Crippen molar-refractivity contribution in [2.75, 3.05) is 19.1 Å². The molecule has 0 aliphatic rings. The molecule has 0 bridgehead atoms. The first-order valence-corrected chi connectivity index (χ1v) is 12.3. The largest absolute Gasteiger partial charge is 0.496 e. The van der Waals surface area contributed by atoms with Gasteiger partial charge in [-0.1, -0.05) is 30.3 Å². The van der Waals surface area contributed by atoms with Crippen LogP contribution in [0.25, 0.3) is 0 Å². The van der Waals surface area contributed by atoms with E-state index >= 15 is 0 Å².